The van der Waals surface area contributed by atoms with Crippen LogP contribution >= 0.6 is 0 Å². The summed E-state index contributed by atoms with van der Waals surface area (Å²) >= 11 is 0. The molecule has 0 atom stereocenters. The van der Waals surface area contributed by atoms with Crippen LogP contribution in [0, 0.1) is 0 Å². The largest absolute Gasteiger partial charge is 0.507 e. The van der Waals surface area contributed by atoms with Crippen LogP contribution in [0.1, 0.15) is 17.3 Å². The van der Waals surface area contributed by atoms with E-state index in [0.717, 1.165) is 0 Å². The maximum Gasteiger partial charge on any atom is 0.346 e. The molecule has 0 aliphatic heterocycles. The fraction of sp³-hybridized carbons (Fsp3) is 0.100. The van der Waals surface area contributed by atoms with Crippen LogP contribution in [0.15, 0.2) is 36.6 Å². The monoisotopic (exact) mass is 178 g/mol. The molecule has 0 aliphatic carbocycles. The van der Waals surface area contributed by atoms with Gasteiger partial charge in [-0.15, -0.1) is 0 Å². The zero-order valence-electron chi connectivity index (χ0n) is 7.23. The van der Waals surface area contributed by atoms with Gasteiger partial charge in [0.15, 0.2) is 0 Å². The first kappa shape index (κ1) is 9.32. The van der Waals surface area contributed by atoms with Crippen molar-refractivity contribution in [2.75, 3.05) is 0 Å². The molecule has 1 aromatic carbocycles. The molecule has 0 unspecified atom stereocenters. The van der Waals surface area contributed by atoms with E-state index in [-0.39, 0.29) is 11.3 Å². The van der Waals surface area contributed by atoms with Gasteiger partial charge in [0.1, 0.15) is 11.3 Å². The van der Waals surface area contributed by atoms with Crippen LogP contribution in [0.25, 0.3) is 0 Å². The zero-order valence-corrected chi connectivity index (χ0v) is 7.23. The van der Waals surface area contributed by atoms with Gasteiger partial charge in [-0.2, -0.15) is 0 Å². The van der Waals surface area contributed by atoms with Gasteiger partial charge in [-0.3, -0.25) is 0 Å². The second kappa shape index (κ2) is 4.30. The summed E-state index contributed by atoms with van der Waals surface area (Å²) < 4.78 is 4.68. The van der Waals surface area contributed by atoms with Crippen LogP contribution in [0.3, 0.4) is 0 Å². The quantitative estimate of drug-likeness (QED) is 0.557. The first-order valence-electron chi connectivity index (χ1n) is 3.86. The first-order chi connectivity index (χ1) is 6.25. The highest BCUT2D eigenvalue weighted by Crippen LogP contribution is 2.16. The smallest absolute Gasteiger partial charge is 0.346 e. The molecule has 0 fully saturated rings. The van der Waals surface area contributed by atoms with Crippen molar-refractivity contribution >= 4 is 5.97 Å². The lowest BCUT2D eigenvalue weighted by Gasteiger charge is -2.00. The number of para-hydroxylation sites is 1. The van der Waals surface area contributed by atoms with Crippen LogP contribution in [-0.2, 0) is 4.74 Å². The van der Waals surface area contributed by atoms with Gasteiger partial charge in [0.2, 0.25) is 0 Å². The average molecular weight is 178 g/mol. The van der Waals surface area contributed by atoms with Gasteiger partial charge in [-0.05, 0) is 19.1 Å². The van der Waals surface area contributed by atoms with E-state index in [1.807, 2.05) is 0 Å². The third-order valence-electron chi connectivity index (χ3n) is 1.44. The summed E-state index contributed by atoms with van der Waals surface area (Å²) in [6, 6.07) is 6.24. The molecule has 3 nitrogen and oxygen atoms in total. The van der Waals surface area contributed by atoms with Crippen molar-refractivity contribution in [3.05, 3.63) is 42.2 Å². The summed E-state index contributed by atoms with van der Waals surface area (Å²) in [7, 11) is 0. The van der Waals surface area contributed by atoms with Crippen LogP contribution in [0.2, 0.25) is 0 Å². The van der Waals surface area contributed by atoms with Crippen molar-refractivity contribution in [1.29, 1.82) is 0 Å². The number of hydrogen-bond acceptors (Lipinski definition) is 3. The maximum absolute atomic E-state index is 11.2. The lowest BCUT2D eigenvalue weighted by Crippen LogP contribution is -2.00. The van der Waals surface area contributed by atoms with Crippen molar-refractivity contribution in [2.45, 2.75) is 6.92 Å². The topological polar surface area (TPSA) is 46.5 Å². The molecule has 0 saturated heterocycles. The highest BCUT2D eigenvalue weighted by molar-refractivity contribution is 5.92. The molecule has 0 heterocycles. The van der Waals surface area contributed by atoms with E-state index in [4.69, 9.17) is 0 Å². The van der Waals surface area contributed by atoms with Crippen LogP contribution in [0.5, 0.6) is 5.75 Å². The van der Waals surface area contributed by atoms with Crippen LogP contribution < -0.4 is 0 Å². The van der Waals surface area contributed by atoms with Gasteiger partial charge in [-0.1, -0.05) is 18.2 Å². The number of ether oxygens (including phenoxy) is 1. The molecule has 0 spiro atoms. The predicted molar refractivity (Wildman–Crippen MR) is 48.3 cm³/mol. The van der Waals surface area contributed by atoms with E-state index in [1.54, 1.807) is 25.1 Å². The van der Waals surface area contributed by atoms with E-state index in [2.05, 4.69) is 4.74 Å². The molecule has 1 rings (SSSR count). The lowest BCUT2D eigenvalue weighted by atomic mass is 10.2. The van der Waals surface area contributed by atoms with Gasteiger partial charge < -0.3 is 9.84 Å². The fourth-order valence-electron chi connectivity index (χ4n) is 0.840. The number of phenolic OH excluding ortho intramolecular Hbond substituents is 1. The Morgan fingerprint density at radius 2 is 2.15 bits per heavy atom. The second-order valence-corrected chi connectivity index (χ2v) is 2.39. The average Bonchev–Trinajstić information content (AvgIpc) is 2.15. The Kier molecular flexibility index (Phi) is 3.09. The predicted octanol–water partition coefficient (Wildman–Crippen LogP) is 2.08. The van der Waals surface area contributed by atoms with E-state index >= 15 is 0 Å². The molecule has 68 valence electrons. The third kappa shape index (κ3) is 2.33. The highest BCUT2D eigenvalue weighted by Gasteiger charge is 2.09. The number of carbonyl (C=O) groups is 1. The normalized spacial score (nSPS) is 10.2. The molecule has 1 aromatic rings. The fourth-order valence-corrected chi connectivity index (χ4v) is 0.840. The van der Waals surface area contributed by atoms with Crippen molar-refractivity contribution < 1.29 is 14.6 Å². The number of carbonyl (C=O) groups excluding carboxylic acids is 1. The highest BCUT2D eigenvalue weighted by atomic mass is 16.5. The number of phenols is 1. The third-order valence-corrected chi connectivity index (χ3v) is 1.44. The number of aromatic hydroxyl groups is 1. The zero-order chi connectivity index (χ0) is 9.68. The molecular formula is C10H10O3. The van der Waals surface area contributed by atoms with E-state index < -0.39 is 5.97 Å². The molecule has 0 amide bonds. The van der Waals surface area contributed by atoms with Gasteiger partial charge in [0.05, 0.1) is 6.26 Å². The number of hydrogen-bond donors (Lipinski definition) is 1. The van der Waals surface area contributed by atoms with Crippen LogP contribution in [-0.4, -0.2) is 11.1 Å². The van der Waals surface area contributed by atoms with E-state index in [1.165, 1.54) is 18.4 Å². The molecule has 1 N–H and O–H groups in total. The Labute approximate surface area is 76.3 Å². The summed E-state index contributed by atoms with van der Waals surface area (Å²) in [5.74, 6) is -0.631. The lowest BCUT2D eigenvalue weighted by molar-refractivity contribution is 0.0659. The van der Waals surface area contributed by atoms with Crippen molar-refractivity contribution in [1.82, 2.24) is 0 Å². The van der Waals surface area contributed by atoms with E-state index in [0.29, 0.717) is 0 Å². The van der Waals surface area contributed by atoms with Gasteiger partial charge in [-0.25, -0.2) is 4.79 Å². The van der Waals surface area contributed by atoms with Crippen LogP contribution in [0.4, 0.5) is 0 Å². The number of benzene rings is 1. The molecule has 0 aromatic heterocycles. The summed E-state index contributed by atoms with van der Waals surface area (Å²) in [5.41, 5.74) is 0.167. The molecule has 0 radical (unpaired) electrons. The van der Waals surface area contributed by atoms with Crippen molar-refractivity contribution in [3.63, 3.8) is 0 Å². The summed E-state index contributed by atoms with van der Waals surface area (Å²) in [5, 5.41) is 9.26. The number of esters is 1. The SMILES string of the molecule is C/C=C/OC(=O)c1ccccc1O. The molecule has 3 heteroatoms. The summed E-state index contributed by atoms with van der Waals surface area (Å²) in [4.78, 5) is 11.2. The Bertz CT molecular complexity index is 329. The number of allylic oxidation sites excluding steroid dienone is 1. The summed E-state index contributed by atoms with van der Waals surface area (Å²) in [6.45, 7) is 1.73. The Hall–Kier alpha value is -1.77. The van der Waals surface area contributed by atoms with Crippen molar-refractivity contribution in [3.8, 4) is 5.75 Å². The minimum absolute atomic E-state index is 0.0722. The summed E-state index contributed by atoms with van der Waals surface area (Å²) in [6.07, 6.45) is 2.87. The molecule has 0 bridgehead atoms. The van der Waals surface area contributed by atoms with Gasteiger partial charge in [0.25, 0.3) is 0 Å². The maximum atomic E-state index is 11.2. The first-order valence-corrected chi connectivity index (χ1v) is 3.86. The second-order valence-electron chi connectivity index (χ2n) is 2.39. The standard InChI is InChI=1S/C10H10O3/c1-2-7-13-10(12)8-5-3-4-6-9(8)11/h2-7,11H,1H3/b7-2+. The molecular weight excluding hydrogens is 168 g/mol. The minimum Gasteiger partial charge on any atom is -0.507 e. The molecule has 0 saturated carbocycles. The molecule has 0 aliphatic rings. The van der Waals surface area contributed by atoms with Gasteiger partial charge >= 0.3 is 5.97 Å². The number of rotatable bonds is 2. The van der Waals surface area contributed by atoms with Crippen molar-refractivity contribution in [2.24, 2.45) is 0 Å². The molecule has 13 heavy (non-hydrogen) atoms. The Morgan fingerprint density at radius 3 is 2.77 bits per heavy atom. The minimum atomic E-state index is -0.559. The van der Waals surface area contributed by atoms with E-state index in [9.17, 15) is 9.90 Å². The Balaban J connectivity index is 2.83. The van der Waals surface area contributed by atoms with Gasteiger partial charge in [0, 0.05) is 0 Å². The Morgan fingerprint density at radius 1 is 1.46 bits per heavy atom.